The Hall–Kier alpha value is -10.1. The predicted molar refractivity (Wildman–Crippen MR) is 381 cm³/mol. The van der Waals surface area contributed by atoms with Gasteiger partial charge in [-0.2, -0.15) is 4.57 Å². The number of hydrogen-bond acceptors (Lipinski definition) is 19. The fourth-order valence-electron chi connectivity index (χ4n) is 9.95. The number of aryl methyl sites for hydroxylation is 6. The second-order valence-corrected chi connectivity index (χ2v) is 33.3. The van der Waals surface area contributed by atoms with Crippen LogP contribution in [0, 0.1) is 41.5 Å². The molecule has 0 saturated heterocycles. The topological polar surface area (TPSA) is 246 Å². The fourth-order valence-corrected chi connectivity index (χ4v) is 19.1. The average Bonchev–Trinajstić information content (AvgIpc) is 0.732. The summed E-state index contributed by atoms with van der Waals surface area (Å²) in [7, 11) is -27.1. The molecule has 0 aliphatic heterocycles. The summed E-state index contributed by atoms with van der Waals surface area (Å²) in [6.45, 7) is 14.8. The molecule has 0 bridgehead atoms. The van der Waals surface area contributed by atoms with Crippen molar-refractivity contribution in [3.8, 4) is 57.5 Å². The molecule has 0 amide bonds. The van der Waals surface area contributed by atoms with E-state index in [4.69, 9.17) is 44.9 Å². The van der Waals surface area contributed by atoms with E-state index in [1.54, 1.807) is 86.6 Å². The van der Waals surface area contributed by atoms with Gasteiger partial charge in [-0.15, -0.1) is 0 Å². The lowest BCUT2D eigenvalue weighted by Crippen LogP contribution is -2.64. The van der Waals surface area contributed by atoms with Gasteiger partial charge in [0.1, 0.15) is 34.5 Å². The Morgan fingerprint density at radius 2 is 0.530 bits per heavy atom. The van der Waals surface area contributed by atoms with E-state index in [1.165, 1.54) is 146 Å². The van der Waals surface area contributed by atoms with E-state index in [0.717, 1.165) is 22.3 Å². The molecule has 0 aliphatic carbocycles. The second-order valence-electron chi connectivity index (χ2n) is 22.1. The van der Waals surface area contributed by atoms with Crippen LogP contribution in [0.4, 0.5) is 0 Å². The van der Waals surface area contributed by atoms with Crippen molar-refractivity contribution >= 4 is 67.8 Å². The minimum atomic E-state index is -4.56. The number of para-hydroxylation sites is 4. The molecule has 3 atom stereocenters. The third-order valence-electron chi connectivity index (χ3n) is 15.0. The molecule has 0 aliphatic rings. The Morgan fingerprint density at radius 1 is 0.280 bits per heavy atom. The maximum atomic E-state index is 14.4. The Labute approximate surface area is 584 Å². The number of benzene rings is 11. The lowest BCUT2D eigenvalue weighted by molar-refractivity contribution is 0.281. The Balaban J connectivity index is 0.00000535. The molecule has 11 rings (SSSR count). The van der Waals surface area contributed by atoms with Gasteiger partial charge in [0, 0.05) is 9.13 Å². The minimum Gasteiger partial charge on any atom is -0.480 e. The van der Waals surface area contributed by atoms with Crippen LogP contribution >= 0.6 is 24.3 Å². The second kappa shape index (κ2) is 31.4. The molecule has 0 aromatic heterocycles. The van der Waals surface area contributed by atoms with Crippen LogP contribution in [0.5, 0.6) is 57.5 Å². The Bertz CT molecular complexity index is 4890. The van der Waals surface area contributed by atoms with E-state index < -0.39 is 62.6 Å². The van der Waals surface area contributed by atoms with Crippen molar-refractivity contribution < 1.29 is 83.9 Å². The van der Waals surface area contributed by atoms with E-state index in [1.807, 2.05) is 84.0 Å². The summed E-state index contributed by atoms with van der Waals surface area (Å²) in [4.78, 5) is -0.793. The van der Waals surface area contributed by atoms with Gasteiger partial charge in [-0.3, -0.25) is 0 Å². The van der Waals surface area contributed by atoms with Gasteiger partial charge in [0.15, 0.2) is 23.0 Å². The van der Waals surface area contributed by atoms with Gasteiger partial charge in [-0.1, -0.05) is 117 Å². The zero-order chi connectivity index (χ0) is 71.4. The van der Waals surface area contributed by atoms with Crippen LogP contribution in [-0.2, 0) is 43.2 Å². The normalized spacial score (nSPS) is 12.9. The first-order chi connectivity index (χ1) is 47.9. The summed E-state index contributed by atoms with van der Waals surface area (Å²) >= 11 is 0. The lowest BCUT2D eigenvalue weighted by Gasteiger charge is -2.30. The van der Waals surface area contributed by atoms with Crippen LogP contribution in [0.1, 0.15) is 47.2 Å². The monoisotopic (exact) mass is 1480 g/mol. The molecular weight excluding hydrogens is 1410 g/mol. The van der Waals surface area contributed by atoms with Crippen LogP contribution in [-0.4, -0.2) is 34.1 Å². The number of hydrogen-bond donors (Lipinski definition) is 0. The van der Waals surface area contributed by atoms with E-state index in [2.05, 4.69) is 0 Å². The summed E-state index contributed by atoms with van der Waals surface area (Å²) in [5, 5.41) is 0.359. The molecule has 100 heavy (non-hydrogen) atoms. The van der Waals surface area contributed by atoms with Crippen molar-refractivity contribution in [1.82, 2.24) is 0 Å². The van der Waals surface area contributed by atoms with Crippen molar-refractivity contribution in [3.05, 3.63) is 294 Å². The first-order valence-electron chi connectivity index (χ1n) is 30.9. The summed E-state index contributed by atoms with van der Waals surface area (Å²) in [5.41, 5.74) is 4.38. The van der Waals surface area contributed by atoms with E-state index in [0.29, 0.717) is 33.6 Å². The molecule has 0 fully saturated rings. The zero-order valence-corrected chi connectivity index (χ0v) is 61.3. The first-order valence-corrected chi connectivity index (χ1v) is 40.8. The highest BCUT2D eigenvalue weighted by atomic mass is 32.2. The molecule has 11 aromatic carbocycles. The third-order valence-corrected chi connectivity index (χ3v) is 25.6. The number of phosphoric ester groups is 1. The highest BCUT2D eigenvalue weighted by Crippen LogP contribution is 2.51. The van der Waals surface area contributed by atoms with Gasteiger partial charge in [0.25, 0.3) is 0 Å². The molecular formula is C74H67O19P3S3Si+2. The van der Waals surface area contributed by atoms with Gasteiger partial charge < -0.3 is 26.8 Å². The van der Waals surface area contributed by atoms with Crippen molar-refractivity contribution in [2.24, 2.45) is 0 Å². The van der Waals surface area contributed by atoms with Gasteiger partial charge in [-0.05, 0) is 233 Å². The van der Waals surface area contributed by atoms with Gasteiger partial charge in [0.05, 0.1) is 34.6 Å². The Kier molecular flexibility index (Phi) is 22.8. The highest BCUT2D eigenvalue weighted by Gasteiger charge is 2.52. The fraction of sp³-hybridized carbons (Fsp3) is 0.108. The van der Waals surface area contributed by atoms with Crippen LogP contribution in [0.2, 0.25) is 0 Å². The maximum Gasteiger partial charge on any atom is 0.805 e. The predicted octanol–water partition coefficient (Wildman–Crippen LogP) is 18.3. The molecule has 0 spiro atoms. The quantitative estimate of drug-likeness (QED) is 0.0343. The van der Waals surface area contributed by atoms with Crippen molar-refractivity contribution in [2.45, 2.75) is 84.8 Å². The SMILES string of the molecule is CC.Cc1cccc(C)c1O[P+](=O)Oc1ccc(S(=O)(=O)c2ccc(O[Si](Oc3ccc(S(=O)(=O)c4ccc(O[P+](=O)Oc5c(C)cccc5C)cc4)cc3)(Oc3ccc(S(=O)(=O)c4ccc(OP(=O)(Oc5ccccc5)Oc5c(C)cccc5C)cc4)cc3)c3ccccc3)cc2)cc1. The smallest absolute Gasteiger partial charge is 0.480 e. The van der Waals surface area contributed by atoms with E-state index in [9.17, 15) is 38.9 Å². The summed E-state index contributed by atoms with van der Waals surface area (Å²) in [6.07, 6.45) is 0. The molecule has 11 aromatic rings. The van der Waals surface area contributed by atoms with Crippen LogP contribution in [0.3, 0.4) is 0 Å². The molecule has 0 N–H and O–H groups in total. The maximum absolute atomic E-state index is 14.4. The van der Waals surface area contributed by atoms with Crippen LogP contribution in [0.25, 0.3) is 0 Å². The minimum absolute atomic E-state index is 0.0190. The molecule has 26 heteroatoms. The van der Waals surface area contributed by atoms with Crippen LogP contribution in [0.15, 0.2) is 290 Å². The zero-order valence-electron chi connectivity index (χ0n) is 55.1. The molecule has 0 radical (unpaired) electrons. The van der Waals surface area contributed by atoms with Crippen molar-refractivity contribution in [1.29, 1.82) is 0 Å². The van der Waals surface area contributed by atoms with Gasteiger partial charge in [-0.25, -0.2) is 43.3 Å². The summed E-state index contributed by atoms with van der Waals surface area (Å²) < 4.78 is 186. The number of phosphoric acid groups is 1. The number of sulfone groups is 3. The molecule has 512 valence electrons. The molecule has 3 unspecified atom stereocenters. The van der Waals surface area contributed by atoms with Crippen molar-refractivity contribution in [3.63, 3.8) is 0 Å². The molecule has 0 saturated carbocycles. The average molecular weight is 1480 g/mol. The number of rotatable bonds is 27. The standard InChI is InChI=1S/C72H61O19P3S3Si.C2H6/c1-50-16-13-17-51(2)70(50)84-92(73)82-56-26-38-63(39-27-56)95(76,77)66-44-32-60(33-45-66)89-98(69-24-11-8-12-25-69,90-61-34-46-67(47-35-61)96(78,79)64-40-28-57(29-41-64)83-93(74)85-71-52(3)18-14-19-53(71)4)91-62-36-48-68(49-37-62)97(80,81)65-42-30-59(31-43-65)87-94(75,86-58-22-9-7-10-23-58)88-72-54(5)20-15-21-55(72)6;1-2/h7-49H,1-6H3;1-2H3/q+2;. The summed E-state index contributed by atoms with van der Waals surface area (Å²) in [6, 6.07) is 65.3. The van der Waals surface area contributed by atoms with Crippen molar-refractivity contribution in [2.75, 3.05) is 0 Å². The van der Waals surface area contributed by atoms with Gasteiger partial charge in [0.2, 0.25) is 29.5 Å². The summed E-state index contributed by atoms with van der Waals surface area (Å²) in [5.74, 6) is 1.68. The first kappa shape index (κ1) is 72.7. The molecule has 0 heterocycles. The highest BCUT2D eigenvalue weighted by molar-refractivity contribution is 7.92. The lowest BCUT2D eigenvalue weighted by atomic mass is 10.1. The van der Waals surface area contributed by atoms with Gasteiger partial charge >= 0.3 is 33.1 Å². The largest absolute Gasteiger partial charge is 0.805 e. The van der Waals surface area contributed by atoms with E-state index in [-0.39, 0.29) is 69.6 Å². The van der Waals surface area contributed by atoms with Crippen LogP contribution < -0.4 is 50.1 Å². The Morgan fingerprint density at radius 3 is 0.830 bits per heavy atom. The van der Waals surface area contributed by atoms with E-state index >= 15 is 0 Å². The third kappa shape index (κ3) is 17.3. The molecule has 19 nitrogen and oxygen atoms in total.